The molecule has 1 aliphatic carbocycles. The van der Waals surface area contributed by atoms with Crippen LogP contribution in [0.4, 0.5) is 10.5 Å². The first kappa shape index (κ1) is 11.0. The minimum absolute atomic E-state index is 0.185. The van der Waals surface area contributed by atoms with Crippen molar-refractivity contribution in [3.63, 3.8) is 0 Å². The Labute approximate surface area is 96.0 Å². The Morgan fingerprint density at radius 1 is 1.50 bits per heavy atom. The Bertz CT molecular complexity index is 438. The Morgan fingerprint density at radius 2 is 2.19 bits per heavy atom. The van der Waals surface area contributed by atoms with Crippen molar-refractivity contribution in [2.75, 3.05) is 5.32 Å². The molecule has 0 fully saturated rings. The van der Waals surface area contributed by atoms with Gasteiger partial charge in [-0.15, -0.1) is 0 Å². The molecule has 3 heteroatoms. The van der Waals surface area contributed by atoms with E-state index in [1.54, 1.807) is 0 Å². The number of nitrogens with two attached hydrogens (primary N) is 1. The molecule has 1 aromatic carbocycles. The second-order valence-electron chi connectivity index (χ2n) is 5.25. The quantitative estimate of drug-likeness (QED) is 0.748. The van der Waals surface area contributed by atoms with E-state index in [1.165, 1.54) is 11.1 Å². The van der Waals surface area contributed by atoms with Crippen LogP contribution in [0.1, 0.15) is 44.2 Å². The molecular formula is C13H18N2O. The Balaban J connectivity index is 2.52. The topological polar surface area (TPSA) is 55.1 Å². The molecule has 2 amide bonds. The van der Waals surface area contributed by atoms with Gasteiger partial charge in [-0.25, -0.2) is 4.79 Å². The van der Waals surface area contributed by atoms with Gasteiger partial charge in [-0.05, 0) is 34.9 Å². The largest absolute Gasteiger partial charge is 0.351 e. The lowest BCUT2D eigenvalue weighted by Gasteiger charge is -2.19. The number of hydrogen-bond acceptors (Lipinski definition) is 1. The summed E-state index contributed by atoms with van der Waals surface area (Å²) in [6.45, 7) is 6.67. The molecule has 0 aliphatic heterocycles. The Kier molecular flexibility index (Phi) is 2.41. The molecule has 0 radical (unpaired) electrons. The molecule has 1 aliphatic rings. The molecule has 0 aromatic heterocycles. The van der Waals surface area contributed by atoms with Gasteiger partial charge in [-0.3, -0.25) is 0 Å². The number of fused-ring (bicyclic) bond motifs is 1. The van der Waals surface area contributed by atoms with Crippen LogP contribution in [0.25, 0.3) is 0 Å². The number of nitrogens with one attached hydrogen (secondary N) is 1. The highest BCUT2D eigenvalue weighted by molar-refractivity contribution is 5.89. The summed E-state index contributed by atoms with van der Waals surface area (Å²) in [5, 5.41) is 2.71. The van der Waals surface area contributed by atoms with E-state index in [9.17, 15) is 4.79 Å². The molecule has 0 saturated heterocycles. The third-order valence-electron chi connectivity index (χ3n) is 3.40. The molecule has 16 heavy (non-hydrogen) atoms. The maximum atomic E-state index is 10.9. The van der Waals surface area contributed by atoms with Crippen LogP contribution in [0.15, 0.2) is 18.2 Å². The number of primary amides is 1. The second-order valence-corrected chi connectivity index (χ2v) is 5.25. The minimum Gasteiger partial charge on any atom is -0.351 e. The summed E-state index contributed by atoms with van der Waals surface area (Å²) in [6.07, 6.45) is 1.11. The SMILES string of the molecule is C[C@@H]1CC(C)(C)c2cccc(NC(N)=O)c21. The summed E-state index contributed by atoms with van der Waals surface area (Å²) < 4.78 is 0. The fourth-order valence-electron chi connectivity index (χ4n) is 2.91. The fraction of sp³-hybridized carbons (Fsp3) is 0.462. The van der Waals surface area contributed by atoms with Crippen molar-refractivity contribution >= 4 is 11.7 Å². The summed E-state index contributed by atoms with van der Waals surface area (Å²) in [5.74, 6) is 0.466. The van der Waals surface area contributed by atoms with Crippen molar-refractivity contribution in [1.82, 2.24) is 0 Å². The van der Waals surface area contributed by atoms with E-state index >= 15 is 0 Å². The molecule has 2 rings (SSSR count). The van der Waals surface area contributed by atoms with Crippen molar-refractivity contribution in [3.05, 3.63) is 29.3 Å². The van der Waals surface area contributed by atoms with E-state index in [-0.39, 0.29) is 5.41 Å². The lowest BCUT2D eigenvalue weighted by Crippen LogP contribution is -2.20. The van der Waals surface area contributed by atoms with Crippen LogP contribution >= 0.6 is 0 Å². The number of carbonyl (C=O) groups is 1. The molecule has 1 aromatic rings. The van der Waals surface area contributed by atoms with Crippen molar-refractivity contribution in [2.24, 2.45) is 5.73 Å². The van der Waals surface area contributed by atoms with Gasteiger partial charge in [0.2, 0.25) is 0 Å². The van der Waals surface area contributed by atoms with Crippen LogP contribution in [0, 0.1) is 0 Å². The van der Waals surface area contributed by atoms with E-state index < -0.39 is 6.03 Å². The van der Waals surface area contributed by atoms with Crippen LogP contribution in [0.3, 0.4) is 0 Å². The van der Waals surface area contributed by atoms with Gasteiger partial charge in [0.05, 0.1) is 0 Å². The highest BCUT2D eigenvalue weighted by Crippen LogP contribution is 2.48. The molecule has 86 valence electrons. The van der Waals surface area contributed by atoms with Crippen LogP contribution in [-0.4, -0.2) is 6.03 Å². The smallest absolute Gasteiger partial charge is 0.316 e. The first-order valence-corrected chi connectivity index (χ1v) is 5.61. The Morgan fingerprint density at radius 3 is 2.81 bits per heavy atom. The zero-order valence-electron chi connectivity index (χ0n) is 10.0. The maximum absolute atomic E-state index is 10.9. The molecule has 0 saturated carbocycles. The average molecular weight is 218 g/mol. The van der Waals surface area contributed by atoms with Crippen molar-refractivity contribution in [3.8, 4) is 0 Å². The van der Waals surface area contributed by atoms with Crippen LogP contribution in [0.2, 0.25) is 0 Å². The third-order valence-corrected chi connectivity index (χ3v) is 3.40. The molecule has 3 N–H and O–H groups in total. The van der Waals surface area contributed by atoms with Crippen LogP contribution < -0.4 is 11.1 Å². The number of benzene rings is 1. The van der Waals surface area contributed by atoms with Crippen LogP contribution in [0.5, 0.6) is 0 Å². The van der Waals surface area contributed by atoms with Gasteiger partial charge in [0.25, 0.3) is 0 Å². The monoisotopic (exact) mass is 218 g/mol. The van der Waals surface area contributed by atoms with E-state index in [1.807, 2.05) is 12.1 Å². The normalized spacial score (nSPS) is 21.6. The predicted octanol–water partition coefficient (Wildman–Crippen LogP) is 2.96. The summed E-state index contributed by atoms with van der Waals surface area (Å²) in [6, 6.07) is 5.54. The number of carbonyl (C=O) groups excluding carboxylic acids is 1. The summed E-state index contributed by atoms with van der Waals surface area (Å²) in [4.78, 5) is 10.9. The van der Waals surface area contributed by atoms with Gasteiger partial charge in [-0.1, -0.05) is 32.9 Å². The van der Waals surface area contributed by atoms with Gasteiger partial charge < -0.3 is 11.1 Å². The molecule has 0 heterocycles. The van der Waals surface area contributed by atoms with Crippen molar-refractivity contribution in [2.45, 2.75) is 38.5 Å². The van der Waals surface area contributed by atoms with Gasteiger partial charge in [-0.2, -0.15) is 0 Å². The van der Waals surface area contributed by atoms with Crippen molar-refractivity contribution in [1.29, 1.82) is 0 Å². The summed E-state index contributed by atoms with van der Waals surface area (Å²) >= 11 is 0. The standard InChI is InChI=1S/C13H18N2O/c1-8-7-13(2,3)9-5-4-6-10(11(8)9)15-12(14)16/h4-6,8H,7H2,1-3H3,(H3,14,15,16)/t8-/m1/s1. The number of amides is 2. The zero-order chi connectivity index (χ0) is 11.9. The van der Waals surface area contributed by atoms with Crippen LogP contribution in [-0.2, 0) is 5.41 Å². The number of urea groups is 1. The van der Waals surface area contributed by atoms with Gasteiger partial charge >= 0.3 is 6.03 Å². The van der Waals surface area contributed by atoms with E-state index in [2.05, 4.69) is 32.2 Å². The Hall–Kier alpha value is -1.51. The predicted molar refractivity (Wildman–Crippen MR) is 65.7 cm³/mol. The second kappa shape index (κ2) is 3.51. The average Bonchev–Trinajstić information content (AvgIpc) is 2.37. The van der Waals surface area contributed by atoms with E-state index in [0.29, 0.717) is 5.92 Å². The lowest BCUT2D eigenvalue weighted by atomic mass is 9.86. The molecular weight excluding hydrogens is 200 g/mol. The first-order valence-electron chi connectivity index (χ1n) is 5.61. The maximum Gasteiger partial charge on any atom is 0.316 e. The van der Waals surface area contributed by atoms with Gasteiger partial charge in [0.1, 0.15) is 0 Å². The highest BCUT2D eigenvalue weighted by atomic mass is 16.2. The van der Waals surface area contributed by atoms with E-state index in [0.717, 1.165) is 12.1 Å². The number of rotatable bonds is 1. The van der Waals surface area contributed by atoms with Gasteiger partial charge in [0.15, 0.2) is 0 Å². The minimum atomic E-state index is -0.495. The summed E-state index contributed by atoms with van der Waals surface area (Å²) in [5.41, 5.74) is 8.80. The molecule has 0 spiro atoms. The lowest BCUT2D eigenvalue weighted by molar-refractivity contribution is 0.259. The van der Waals surface area contributed by atoms with Crippen molar-refractivity contribution < 1.29 is 4.79 Å². The molecule has 3 nitrogen and oxygen atoms in total. The van der Waals surface area contributed by atoms with E-state index in [4.69, 9.17) is 5.73 Å². The zero-order valence-corrected chi connectivity index (χ0v) is 10.0. The number of anilines is 1. The number of hydrogen-bond donors (Lipinski definition) is 2. The highest BCUT2D eigenvalue weighted by Gasteiger charge is 2.36. The fourth-order valence-corrected chi connectivity index (χ4v) is 2.91. The summed E-state index contributed by atoms with van der Waals surface area (Å²) in [7, 11) is 0. The molecule has 0 unspecified atom stereocenters. The van der Waals surface area contributed by atoms with Gasteiger partial charge in [0, 0.05) is 5.69 Å². The first-order chi connectivity index (χ1) is 7.42. The molecule has 0 bridgehead atoms. The third kappa shape index (κ3) is 1.66. The molecule has 1 atom stereocenters.